The summed E-state index contributed by atoms with van der Waals surface area (Å²) in [6.45, 7) is 2.65. The van der Waals surface area contributed by atoms with E-state index in [0.29, 0.717) is 24.4 Å². The van der Waals surface area contributed by atoms with E-state index in [1.807, 2.05) is 25.1 Å². The van der Waals surface area contributed by atoms with Crippen molar-refractivity contribution < 1.29 is 9.90 Å². The van der Waals surface area contributed by atoms with Gasteiger partial charge in [-0.05, 0) is 30.6 Å². The summed E-state index contributed by atoms with van der Waals surface area (Å²) in [4.78, 5) is 14.4. The highest BCUT2D eigenvalue weighted by molar-refractivity contribution is 7.13. The third kappa shape index (κ3) is 2.30. The number of aromatic amines is 1. The van der Waals surface area contributed by atoms with E-state index in [4.69, 9.17) is 0 Å². The van der Waals surface area contributed by atoms with Crippen LogP contribution < -0.4 is 0 Å². The fourth-order valence-electron chi connectivity index (χ4n) is 2.96. The standard InChI is InChI=1S/C15H15N5O2S/c1-9-2-3-11-10(6-9)13(18-23-11)14(21)20-5-4-15(22,8-20)12-7-16-19-17-12/h2-3,6-7,22H,4-5,8H2,1H3,(H,16,17,19). The summed E-state index contributed by atoms with van der Waals surface area (Å²) in [5, 5.41) is 21.7. The van der Waals surface area contributed by atoms with Gasteiger partial charge in [0.1, 0.15) is 17.0 Å². The van der Waals surface area contributed by atoms with Gasteiger partial charge in [-0.25, -0.2) is 0 Å². The van der Waals surface area contributed by atoms with Gasteiger partial charge in [-0.1, -0.05) is 11.6 Å². The van der Waals surface area contributed by atoms with Crippen molar-refractivity contribution in [2.75, 3.05) is 13.1 Å². The monoisotopic (exact) mass is 329 g/mol. The number of aryl methyl sites for hydroxylation is 1. The van der Waals surface area contributed by atoms with Crippen LogP contribution in [0, 0.1) is 6.92 Å². The maximum atomic E-state index is 12.8. The molecule has 7 nitrogen and oxygen atoms in total. The lowest BCUT2D eigenvalue weighted by Crippen LogP contribution is -2.34. The van der Waals surface area contributed by atoms with Gasteiger partial charge in [0.2, 0.25) is 0 Å². The van der Waals surface area contributed by atoms with Gasteiger partial charge in [0, 0.05) is 18.4 Å². The van der Waals surface area contributed by atoms with Gasteiger partial charge in [0.15, 0.2) is 0 Å². The third-order valence-corrected chi connectivity index (χ3v) is 5.08. The Balaban J connectivity index is 1.63. The van der Waals surface area contributed by atoms with E-state index in [1.54, 1.807) is 4.90 Å². The fraction of sp³-hybridized carbons (Fsp3) is 0.333. The average molecular weight is 329 g/mol. The Kier molecular flexibility index (Phi) is 3.17. The van der Waals surface area contributed by atoms with Gasteiger partial charge < -0.3 is 10.0 Å². The Morgan fingerprint density at radius 3 is 3.13 bits per heavy atom. The Bertz CT molecular complexity index is 875. The molecule has 1 unspecified atom stereocenters. The summed E-state index contributed by atoms with van der Waals surface area (Å²) >= 11 is 1.32. The lowest BCUT2D eigenvalue weighted by atomic mass is 10.00. The molecule has 0 aliphatic carbocycles. The molecular formula is C15H15N5O2S. The highest BCUT2D eigenvalue weighted by atomic mass is 32.1. The Hall–Kier alpha value is -2.32. The molecule has 2 aromatic heterocycles. The first-order valence-corrected chi connectivity index (χ1v) is 8.08. The smallest absolute Gasteiger partial charge is 0.274 e. The second-order valence-corrected chi connectivity index (χ2v) is 6.70. The van der Waals surface area contributed by atoms with Gasteiger partial charge in [0.05, 0.1) is 17.4 Å². The summed E-state index contributed by atoms with van der Waals surface area (Å²) in [7, 11) is 0. The minimum Gasteiger partial charge on any atom is -0.381 e. The third-order valence-electron chi connectivity index (χ3n) is 4.25. The van der Waals surface area contributed by atoms with Crippen LogP contribution in [0.3, 0.4) is 0 Å². The van der Waals surface area contributed by atoms with E-state index < -0.39 is 5.60 Å². The van der Waals surface area contributed by atoms with Crippen molar-refractivity contribution in [3.63, 3.8) is 0 Å². The molecule has 1 saturated heterocycles. The second kappa shape index (κ2) is 5.10. The van der Waals surface area contributed by atoms with Crippen molar-refractivity contribution in [3.8, 4) is 0 Å². The van der Waals surface area contributed by atoms with Gasteiger partial charge in [-0.3, -0.25) is 4.79 Å². The van der Waals surface area contributed by atoms with Gasteiger partial charge in [-0.2, -0.15) is 19.8 Å². The van der Waals surface area contributed by atoms with Crippen LogP contribution in [0.4, 0.5) is 0 Å². The molecule has 2 N–H and O–H groups in total. The number of β-amino-alcohol motifs (C(OH)–C–C–N with tert-alkyl or cyclic N) is 1. The van der Waals surface area contributed by atoms with E-state index in [0.717, 1.165) is 15.6 Å². The molecule has 0 spiro atoms. The zero-order valence-electron chi connectivity index (χ0n) is 12.5. The molecule has 3 heterocycles. The number of hydrogen-bond donors (Lipinski definition) is 2. The lowest BCUT2D eigenvalue weighted by molar-refractivity contribution is 0.0381. The molecule has 4 rings (SSSR count). The molecule has 118 valence electrons. The number of H-pyrrole nitrogens is 1. The van der Waals surface area contributed by atoms with Crippen LogP contribution in [-0.2, 0) is 5.60 Å². The molecule has 3 aromatic rings. The summed E-state index contributed by atoms with van der Waals surface area (Å²) in [5.41, 5.74) is 0.863. The lowest BCUT2D eigenvalue weighted by Gasteiger charge is -2.20. The Morgan fingerprint density at radius 1 is 1.48 bits per heavy atom. The molecule has 1 aromatic carbocycles. The van der Waals surface area contributed by atoms with Crippen LogP contribution >= 0.6 is 11.5 Å². The van der Waals surface area contributed by atoms with Crippen molar-refractivity contribution in [1.82, 2.24) is 24.7 Å². The molecule has 1 fully saturated rings. The van der Waals surface area contributed by atoms with Crippen LogP contribution in [0.15, 0.2) is 24.4 Å². The van der Waals surface area contributed by atoms with Crippen LogP contribution in [-0.4, -0.2) is 48.8 Å². The van der Waals surface area contributed by atoms with Crippen molar-refractivity contribution in [3.05, 3.63) is 41.3 Å². The number of carbonyl (C=O) groups excluding carboxylic acids is 1. The van der Waals surface area contributed by atoms with Crippen LogP contribution in [0.5, 0.6) is 0 Å². The van der Waals surface area contributed by atoms with Crippen molar-refractivity contribution >= 4 is 27.5 Å². The number of nitrogens with zero attached hydrogens (tertiary/aromatic N) is 4. The second-order valence-electron chi connectivity index (χ2n) is 5.89. The number of fused-ring (bicyclic) bond motifs is 1. The predicted molar refractivity (Wildman–Crippen MR) is 85.2 cm³/mol. The number of benzene rings is 1. The molecule has 1 aliphatic rings. The predicted octanol–water partition coefficient (Wildman–Crippen LogP) is 1.46. The molecule has 23 heavy (non-hydrogen) atoms. The molecule has 8 heteroatoms. The van der Waals surface area contributed by atoms with Crippen LogP contribution in [0.1, 0.15) is 28.2 Å². The van der Waals surface area contributed by atoms with E-state index in [9.17, 15) is 9.90 Å². The maximum absolute atomic E-state index is 12.8. The molecule has 0 bridgehead atoms. The van der Waals surface area contributed by atoms with E-state index in [1.165, 1.54) is 17.7 Å². The van der Waals surface area contributed by atoms with E-state index in [-0.39, 0.29) is 12.5 Å². The number of amides is 1. The zero-order valence-corrected chi connectivity index (χ0v) is 13.3. The zero-order chi connectivity index (χ0) is 16.0. The normalized spacial score (nSPS) is 21.2. The van der Waals surface area contributed by atoms with Gasteiger partial charge >= 0.3 is 0 Å². The first-order valence-electron chi connectivity index (χ1n) is 7.31. The Morgan fingerprint density at radius 2 is 2.35 bits per heavy atom. The molecule has 1 amide bonds. The molecular weight excluding hydrogens is 314 g/mol. The number of rotatable bonds is 2. The summed E-state index contributed by atoms with van der Waals surface area (Å²) in [5.74, 6) is -0.152. The minimum absolute atomic E-state index is 0.152. The molecule has 0 saturated carbocycles. The number of likely N-dealkylation sites (tertiary alicyclic amines) is 1. The van der Waals surface area contributed by atoms with Crippen molar-refractivity contribution in [2.45, 2.75) is 18.9 Å². The van der Waals surface area contributed by atoms with Crippen LogP contribution in [0.25, 0.3) is 10.1 Å². The minimum atomic E-state index is -1.15. The highest BCUT2D eigenvalue weighted by Gasteiger charge is 2.42. The SMILES string of the molecule is Cc1ccc2snc(C(=O)N3CCC(O)(c4cn[nH]n4)C3)c2c1. The number of aromatic nitrogens is 4. The first kappa shape index (κ1) is 14.3. The number of nitrogens with one attached hydrogen (secondary N) is 1. The van der Waals surface area contributed by atoms with Gasteiger partial charge in [0.25, 0.3) is 5.91 Å². The fourth-order valence-corrected chi connectivity index (χ4v) is 3.71. The van der Waals surface area contributed by atoms with E-state index in [2.05, 4.69) is 19.8 Å². The van der Waals surface area contributed by atoms with Crippen LogP contribution in [0.2, 0.25) is 0 Å². The van der Waals surface area contributed by atoms with Gasteiger partial charge in [-0.15, -0.1) is 0 Å². The van der Waals surface area contributed by atoms with Crippen molar-refractivity contribution in [1.29, 1.82) is 0 Å². The highest BCUT2D eigenvalue weighted by Crippen LogP contribution is 2.32. The largest absolute Gasteiger partial charge is 0.381 e. The number of hydrogen-bond acceptors (Lipinski definition) is 6. The maximum Gasteiger partial charge on any atom is 0.274 e. The summed E-state index contributed by atoms with van der Waals surface area (Å²) in [6, 6.07) is 5.97. The quantitative estimate of drug-likeness (QED) is 0.742. The Labute approximate surface area is 136 Å². The summed E-state index contributed by atoms with van der Waals surface area (Å²) < 4.78 is 5.32. The first-order chi connectivity index (χ1) is 11.1. The molecule has 1 aliphatic heterocycles. The average Bonchev–Trinajstić information content (AvgIpc) is 3.25. The number of carbonyl (C=O) groups is 1. The molecule has 0 radical (unpaired) electrons. The molecule has 1 atom stereocenters. The topological polar surface area (TPSA) is 95.0 Å². The summed E-state index contributed by atoms with van der Waals surface area (Å²) in [6.07, 6.45) is 1.93. The van der Waals surface area contributed by atoms with E-state index >= 15 is 0 Å². The van der Waals surface area contributed by atoms with Crippen molar-refractivity contribution in [2.24, 2.45) is 0 Å². The number of aliphatic hydroxyl groups is 1.